The highest BCUT2D eigenvalue weighted by atomic mass is 32.1. The maximum Gasteiger partial charge on any atom is 0.338 e. The summed E-state index contributed by atoms with van der Waals surface area (Å²) in [5, 5.41) is 0. The summed E-state index contributed by atoms with van der Waals surface area (Å²) in [6.45, 7) is 7.08. The van der Waals surface area contributed by atoms with E-state index >= 15 is 0 Å². The number of hydrogen-bond acceptors (Lipinski definition) is 10. The number of esters is 2. The molecule has 1 aromatic heterocycles. The number of thiazole rings is 1. The molecule has 1 unspecified atom stereocenters. The van der Waals surface area contributed by atoms with Crippen molar-refractivity contribution in [2.45, 2.75) is 33.7 Å². The van der Waals surface area contributed by atoms with Crippen LogP contribution in [0.1, 0.15) is 44.9 Å². The lowest BCUT2D eigenvalue weighted by atomic mass is 9.95. The zero-order chi connectivity index (χ0) is 29.8. The minimum absolute atomic E-state index is 0.112. The van der Waals surface area contributed by atoms with Gasteiger partial charge in [-0.1, -0.05) is 31.3 Å². The van der Waals surface area contributed by atoms with Gasteiger partial charge in [0.1, 0.15) is 11.5 Å². The van der Waals surface area contributed by atoms with E-state index < -0.39 is 18.0 Å². The minimum atomic E-state index is -0.874. The van der Waals surface area contributed by atoms with Crippen LogP contribution in [0.4, 0.5) is 0 Å². The van der Waals surface area contributed by atoms with E-state index in [1.165, 1.54) is 29.9 Å². The topological polar surface area (TPSA) is 115 Å². The minimum Gasteiger partial charge on any atom is -0.497 e. The Kier molecular flexibility index (Phi) is 8.97. The molecular weight excluding hydrogens is 548 g/mol. The van der Waals surface area contributed by atoms with E-state index in [0.29, 0.717) is 37.7 Å². The zero-order valence-electron chi connectivity index (χ0n) is 24.0. The number of nitrogens with zero attached hydrogens (tertiary/aromatic N) is 2. The van der Waals surface area contributed by atoms with Crippen molar-refractivity contribution < 1.29 is 33.3 Å². The number of benzene rings is 2. The molecule has 216 valence electrons. The maximum atomic E-state index is 14.0. The highest BCUT2D eigenvalue weighted by molar-refractivity contribution is 7.07. The fourth-order valence-electron chi connectivity index (χ4n) is 4.41. The van der Waals surface area contributed by atoms with Crippen molar-refractivity contribution >= 4 is 29.4 Å². The quantitative estimate of drug-likeness (QED) is 0.280. The summed E-state index contributed by atoms with van der Waals surface area (Å²) in [6.07, 6.45) is 1.71. The van der Waals surface area contributed by atoms with Crippen LogP contribution >= 0.6 is 11.3 Å². The molecule has 1 aliphatic rings. The molecule has 0 bridgehead atoms. The summed E-state index contributed by atoms with van der Waals surface area (Å²) < 4.78 is 29.0. The molecule has 0 aliphatic carbocycles. The van der Waals surface area contributed by atoms with Crippen molar-refractivity contribution in [1.82, 2.24) is 4.57 Å². The normalized spacial score (nSPS) is 14.8. The summed E-state index contributed by atoms with van der Waals surface area (Å²) in [7, 11) is 4.55. The van der Waals surface area contributed by atoms with Crippen LogP contribution in [0, 0.1) is 5.92 Å². The zero-order valence-corrected chi connectivity index (χ0v) is 24.8. The lowest BCUT2D eigenvalue weighted by Crippen LogP contribution is -2.40. The number of carbonyl (C=O) groups excluding carboxylic acids is 2. The van der Waals surface area contributed by atoms with Gasteiger partial charge in [0.2, 0.25) is 0 Å². The summed E-state index contributed by atoms with van der Waals surface area (Å²) >= 11 is 1.19. The summed E-state index contributed by atoms with van der Waals surface area (Å²) in [6, 6.07) is 9.31. The van der Waals surface area contributed by atoms with E-state index in [9.17, 15) is 14.4 Å². The van der Waals surface area contributed by atoms with Crippen molar-refractivity contribution in [3.63, 3.8) is 0 Å². The van der Waals surface area contributed by atoms with Gasteiger partial charge in [0.05, 0.1) is 49.8 Å². The van der Waals surface area contributed by atoms with E-state index in [2.05, 4.69) is 4.99 Å². The number of rotatable bonds is 9. The van der Waals surface area contributed by atoms with E-state index in [1.54, 1.807) is 63.6 Å². The molecular formula is C30H32N2O8S. The van der Waals surface area contributed by atoms with Crippen molar-refractivity contribution in [2.75, 3.05) is 27.9 Å². The summed E-state index contributed by atoms with van der Waals surface area (Å²) in [5.41, 5.74) is 1.50. The Balaban J connectivity index is 1.95. The number of carbonyl (C=O) groups is 2. The first kappa shape index (κ1) is 29.6. The highest BCUT2D eigenvalue weighted by Gasteiger charge is 2.34. The second-order valence-corrected chi connectivity index (χ2v) is 10.7. The van der Waals surface area contributed by atoms with Crippen molar-refractivity contribution in [3.05, 3.63) is 78.5 Å². The fraction of sp³-hybridized carbons (Fsp3) is 0.333. The standard InChI is InChI=1S/C30H32N2O8S/c1-16(2)15-39-29(35)26-17(3)31-30-32(27(26)19-8-10-23(40-18(4)33)24(13-19)38-7)28(34)25(41-30)14-20-12-21(36-5)9-11-22(20)37-6/h8-14,16,27H,15H2,1-7H3/b25-14+. The van der Waals surface area contributed by atoms with Crippen molar-refractivity contribution in [2.24, 2.45) is 10.9 Å². The lowest BCUT2D eigenvalue weighted by Gasteiger charge is -2.25. The van der Waals surface area contributed by atoms with Gasteiger partial charge in [-0.2, -0.15) is 0 Å². The Morgan fingerprint density at radius 2 is 1.73 bits per heavy atom. The third-order valence-electron chi connectivity index (χ3n) is 6.27. The van der Waals surface area contributed by atoms with Gasteiger partial charge in [-0.3, -0.25) is 14.2 Å². The van der Waals surface area contributed by atoms with Crippen LogP contribution in [0.2, 0.25) is 0 Å². The molecule has 0 saturated carbocycles. The van der Waals surface area contributed by atoms with Crippen LogP contribution in [-0.2, 0) is 14.3 Å². The van der Waals surface area contributed by atoms with Crippen LogP contribution < -0.4 is 33.8 Å². The molecule has 2 aromatic carbocycles. The third-order valence-corrected chi connectivity index (χ3v) is 7.25. The first-order chi connectivity index (χ1) is 19.6. The van der Waals surface area contributed by atoms with Gasteiger partial charge in [0, 0.05) is 12.5 Å². The molecule has 1 aliphatic heterocycles. The molecule has 0 amide bonds. The van der Waals surface area contributed by atoms with Gasteiger partial charge < -0.3 is 23.7 Å². The number of hydrogen-bond donors (Lipinski definition) is 0. The fourth-order valence-corrected chi connectivity index (χ4v) is 5.44. The monoisotopic (exact) mass is 580 g/mol. The predicted octanol–water partition coefficient (Wildman–Crippen LogP) is 3.39. The Bertz CT molecular complexity index is 1700. The van der Waals surface area contributed by atoms with Crippen molar-refractivity contribution in [1.29, 1.82) is 0 Å². The van der Waals surface area contributed by atoms with Gasteiger partial charge in [-0.15, -0.1) is 0 Å². The van der Waals surface area contributed by atoms with Crippen LogP contribution in [0.5, 0.6) is 23.0 Å². The largest absolute Gasteiger partial charge is 0.497 e. The SMILES string of the molecule is COc1ccc(OC)c(/C=c2/sc3n(c2=O)C(c2ccc(OC(C)=O)c(OC)c2)C(C(=O)OCC(C)C)=C(C)N=3)c1. The number of ether oxygens (including phenoxy) is 5. The molecule has 11 heteroatoms. The molecule has 41 heavy (non-hydrogen) atoms. The Labute approximate surface area is 241 Å². The van der Waals surface area contributed by atoms with Crippen LogP contribution in [0.3, 0.4) is 0 Å². The smallest absolute Gasteiger partial charge is 0.338 e. The Hall–Kier alpha value is -4.38. The molecule has 10 nitrogen and oxygen atoms in total. The molecule has 0 fully saturated rings. The Morgan fingerprint density at radius 3 is 2.37 bits per heavy atom. The average Bonchev–Trinajstić information content (AvgIpc) is 3.24. The average molecular weight is 581 g/mol. The van der Waals surface area contributed by atoms with Gasteiger partial charge in [0.15, 0.2) is 16.3 Å². The molecule has 3 aromatic rings. The van der Waals surface area contributed by atoms with Gasteiger partial charge in [-0.05, 0) is 54.8 Å². The van der Waals surface area contributed by atoms with Gasteiger partial charge in [-0.25, -0.2) is 9.79 Å². The Morgan fingerprint density at radius 1 is 1.02 bits per heavy atom. The number of aromatic nitrogens is 1. The summed E-state index contributed by atoms with van der Waals surface area (Å²) in [4.78, 5) is 44.1. The van der Waals surface area contributed by atoms with E-state index in [-0.39, 0.29) is 35.2 Å². The first-order valence-corrected chi connectivity index (χ1v) is 13.7. The molecule has 0 N–H and O–H groups in total. The van der Waals surface area contributed by atoms with Gasteiger partial charge in [0.25, 0.3) is 5.56 Å². The van der Waals surface area contributed by atoms with E-state index in [0.717, 1.165) is 0 Å². The first-order valence-electron chi connectivity index (χ1n) is 12.9. The lowest BCUT2D eigenvalue weighted by molar-refractivity contribution is -0.140. The number of methoxy groups -OCH3 is 3. The van der Waals surface area contributed by atoms with Crippen molar-refractivity contribution in [3.8, 4) is 23.0 Å². The second-order valence-electron chi connectivity index (χ2n) is 9.69. The summed E-state index contributed by atoms with van der Waals surface area (Å²) in [5.74, 6) is 0.682. The van der Waals surface area contributed by atoms with E-state index in [4.69, 9.17) is 23.7 Å². The van der Waals surface area contributed by atoms with Crippen LogP contribution in [0.15, 0.2) is 57.5 Å². The second kappa shape index (κ2) is 12.4. The molecule has 2 heterocycles. The number of allylic oxidation sites excluding steroid dienone is 1. The molecule has 1 atom stereocenters. The third kappa shape index (κ3) is 6.19. The molecule has 4 rings (SSSR count). The number of fused-ring (bicyclic) bond motifs is 1. The molecule has 0 spiro atoms. The van der Waals surface area contributed by atoms with E-state index in [1.807, 2.05) is 13.8 Å². The maximum absolute atomic E-state index is 14.0. The molecule has 0 saturated heterocycles. The van der Waals surface area contributed by atoms with Crippen LogP contribution in [0.25, 0.3) is 6.08 Å². The van der Waals surface area contributed by atoms with Gasteiger partial charge >= 0.3 is 11.9 Å². The highest BCUT2D eigenvalue weighted by Crippen LogP contribution is 2.36. The molecule has 0 radical (unpaired) electrons. The van der Waals surface area contributed by atoms with Crippen LogP contribution in [-0.4, -0.2) is 44.4 Å². The predicted molar refractivity (Wildman–Crippen MR) is 153 cm³/mol.